The number of hydrogen-bond acceptors (Lipinski definition) is 5. The summed E-state index contributed by atoms with van der Waals surface area (Å²) in [6, 6.07) is 3.65. The van der Waals surface area contributed by atoms with Crippen LogP contribution >= 0.6 is 11.8 Å². The SMILES string of the molecule is Cc1[nH]c(=O)nc(SCc2ccncc2)c1C(=O)O. The molecule has 0 radical (unpaired) electrons. The van der Waals surface area contributed by atoms with E-state index in [2.05, 4.69) is 15.0 Å². The van der Waals surface area contributed by atoms with Gasteiger partial charge in [0, 0.05) is 23.8 Å². The normalized spacial score (nSPS) is 10.4. The fourth-order valence-corrected chi connectivity index (χ4v) is 2.57. The zero-order valence-electron chi connectivity index (χ0n) is 10.1. The summed E-state index contributed by atoms with van der Waals surface area (Å²) in [7, 11) is 0. The molecule has 19 heavy (non-hydrogen) atoms. The van der Waals surface area contributed by atoms with Crippen molar-refractivity contribution in [3.05, 3.63) is 51.8 Å². The number of pyridine rings is 1. The molecule has 98 valence electrons. The first-order valence-corrected chi connectivity index (χ1v) is 6.42. The first-order valence-electron chi connectivity index (χ1n) is 5.44. The molecule has 0 spiro atoms. The molecule has 0 aliphatic rings. The molecule has 0 amide bonds. The number of nitrogens with zero attached hydrogens (tertiary/aromatic N) is 2. The smallest absolute Gasteiger partial charge is 0.346 e. The minimum atomic E-state index is -1.10. The number of H-pyrrole nitrogens is 1. The third-order valence-electron chi connectivity index (χ3n) is 2.43. The molecule has 0 fully saturated rings. The Labute approximate surface area is 112 Å². The Morgan fingerprint density at radius 1 is 1.42 bits per heavy atom. The Kier molecular flexibility index (Phi) is 3.96. The van der Waals surface area contributed by atoms with Gasteiger partial charge in [-0.2, -0.15) is 4.98 Å². The topological polar surface area (TPSA) is 95.9 Å². The number of aryl methyl sites for hydroxylation is 1. The summed E-state index contributed by atoms with van der Waals surface area (Å²) in [5.74, 6) is -0.572. The second kappa shape index (κ2) is 5.66. The van der Waals surface area contributed by atoms with Crippen LogP contribution in [0.25, 0.3) is 0 Å². The number of carboxylic acid groups (broad SMARTS) is 1. The molecule has 0 aliphatic heterocycles. The molecule has 2 aromatic rings. The van der Waals surface area contributed by atoms with Gasteiger partial charge in [0.2, 0.25) is 0 Å². The van der Waals surface area contributed by atoms with Gasteiger partial charge in [0.15, 0.2) is 0 Å². The number of hydrogen-bond donors (Lipinski definition) is 2. The van der Waals surface area contributed by atoms with Crippen LogP contribution in [0.2, 0.25) is 0 Å². The number of aromatic amines is 1. The maximum atomic E-state index is 11.3. The van der Waals surface area contributed by atoms with Crippen LogP contribution in [0, 0.1) is 6.92 Å². The molecule has 0 aliphatic carbocycles. The average Bonchev–Trinajstić information content (AvgIpc) is 2.36. The van der Waals surface area contributed by atoms with Crippen LogP contribution in [-0.2, 0) is 5.75 Å². The van der Waals surface area contributed by atoms with Gasteiger partial charge in [0.25, 0.3) is 0 Å². The van der Waals surface area contributed by atoms with Gasteiger partial charge in [-0.1, -0.05) is 0 Å². The summed E-state index contributed by atoms with van der Waals surface area (Å²) in [4.78, 5) is 32.5. The van der Waals surface area contributed by atoms with Crippen molar-refractivity contribution in [3.63, 3.8) is 0 Å². The fourth-order valence-electron chi connectivity index (χ4n) is 1.55. The number of thioether (sulfide) groups is 1. The minimum Gasteiger partial charge on any atom is -0.478 e. The van der Waals surface area contributed by atoms with E-state index in [1.165, 1.54) is 11.8 Å². The van der Waals surface area contributed by atoms with Crippen molar-refractivity contribution in [1.82, 2.24) is 15.0 Å². The van der Waals surface area contributed by atoms with E-state index in [1.807, 2.05) is 12.1 Å². The van der Waals surface area contributed by atoms with E-state index in [-0.39, 0.29) is 10.6 Å². The highest BCUT2D eigenvalue weighted by Gasteiger charge is 2.16. The van der Waals surface area contributed by atoms with Crippen molar-refractivity contribution in [2.75, 3.05) is 0 Å². The van der Waals surface area contributed by atoms with E-state index in [4.69, 9.17) is 5.11 Å². The molecule has 0 aromatic carbocycles. The van der Waals surface area contributed by atoms with Crippen LogP contribution in [0.3, 0.4) is 0 Å². The van der Waals surface area contributed by atoms with Crippen molar-refractivity contribution >= 4 is 17.7 Å². The molecule has 2 rings (SSSR count). The van der Waals surface area contributed by atoms with Gasteiger partial charge in [0.1, 0.15) is 10.6 Å². The van der Waals surface area contributed by atoms with E-state index >= 15 is 0 Å². The number of aromatic carboxylic acids is 1. The van der Waals surface area contributed by atoms with Crippen LogP contribution in [-0.4, -0.2) is 26.0 Å². The predicted octanol–water partition coefficient (Wildman–Crippen LogP) is 1.46. The maximum Gasteiger partial charge on any atom is 0.346 e. The molecule has 0 atom stereocenters. The monoisotopic (exact) mass is 277 g/mol. The Bertz CT molecular complexity index is 655. The van der Waals surface area contributed by atoms with E-state index < -0.39 is 11.7 Å². The van der Waals surface area contributed by atoms with Gasteiger partial charge in [-0.15, -0.1) is 11.8 Å². The van der Waals surface area contributed by atoms with Crippen molar-refractivity contribution in [1.29, 1.82) is 0 Å². The molecule has 0 unspecified atom stereocenters. The molecule has 0 bridgehead atoms. The Morgan fingerprint density at radius 2 is 2.11 bits per heavy atom. The molecule has 2 aromatic heterocycles. The number of carboxylic acids is 1. The second-order valence-corrected chi connectivity index (χ2v) is 4.76. The number of aromatic nitrogens is 3. The summed E-state index contributed by atoms with van der Waals surface area (Å²) in [5.41, 5.74) is 0.791. The average molecular weight is 277 g/mol. The molecule has 2 N–H and O–H groups in total. The highest BCUT2D eigenvalue weighted by atomic mass is 32.2. The van der Waals surface area contributed by atoms with E-state index in [9.17, 15) is 9.59 Å². The quantitative estimate of drug-likeness (QED) is 0.649. The van der Waals surface area contributed by atoms with Crippen LogP contribution < -0.4 is 5.69 Å². The first-order chi connectivity index (χ1) is 9.08. The minimum absolute atomic E-state index is 0.0404. The van der Waals surface area contributed by atoms with Gasteiger partial charge in [-0.25, -0.2) is 9.59 Å². The van der Waals surface area contributed by atoms with Crippen LogP contribution in [0.1, 0.15) is 21.6 Å². The van der Waals surface area contributed by atoms with Crippen molar-refractivity contribution in [2.24, 2.45) is 0 Å². The molecule has 2 heterocycles. The second-order valence-electron chi connectivity index (χ2n) is 3.80. The Morgan fingerprint density at radius 3 is 2.74 bits per heavy atom. The molecular formula is C12H11N3O3S. The zero-order valence-corrected chi connectivity index (χ0v) is 10.9. The Hall–Kier alpha value is -2.15. The van der Waals surface area contributed by atoms with E-state index in [0.29, 0.717) is 11.4 Å². The maximum absolute atomic E-state index is 11.3. The summed E-state index contributed by atoms with van der Waals surface area (Å²) in [6.45, 7) is 1.54. The number of nitrogens with one attached hydrogen (secondary N) is 1. The standard InChI is InChI=1S/C12H11N3O3S/c1-7-9(11(16)17)10(15-12(18)14-7)19-6-8-2-4-13-5-3-8/h2-5H,6H2,1H3,(H,16,17)(H,14,15,18). The lowest BCUT2D eigenvalue weighted by atomic mass is 10.2. The molecule has 6 nitrogen and oxygen atoms in total. The van der Waals surface area contributed by atoms with Gasteiger partial charge in [-0.3, -0.25) is 4.98 Å². The van der Waals surface area contributed by atoms with Crippen molar-refractivity contribution in [2.45, 2.75) is 17.7 Å². The van der Waals surface area contributed by atoms with Crippen LogP contribution in [0.5, 0.6) is 0 Å². The molecule has 0 saturated heterocycles. The van der Waals surface area contributed by atoms with E-state index in [0.717, 1.165) is 5.56 Å². The van der Waals surface area contributed by atoms with Crippen molar-refractivity contribution in [3.8, 4) is 0 Å². The lowest BCUT2D eigenvalue weighted by molar-refractivity contribution is 0.0690. The zero-order chi connectivity index (χ0) is 13.8. The first kappa shape index (κ1) is 13.3. The Balaban J connectivity index is 2.29. The summed E-state index contributed by atoms with van der Waals surface area (Å²) >= 11 is 1.22. The molecular weight excluding hydrogens is 266 g/mol. The number of rotatable bonds is 4. The van der Waals surface area contributed by atoms with Gasteiger partial charge in [0.05, 0.1) is 0 Å². The molecule has 0 saturated carbocycles. The van der Waals surface area contributed by atoms with Crippen molar-refractivity contribution < 1.29 is 9.90 Å². The van der Waals surface area contributed by atoms with E-state index in [1.54, 1.807) is 19.3 Å². The highest BCUT2D eigenvalue weighted by molar-refractivity contribution is 7.98. The summed E-state index contributed by atoms with van der Waals surface area (Å²) < 4.78 is 0. The van der Waals surface area contributed by atoms with Gasteiger partial charge < -0.3 is 10.1 Å². The number of carbonyl (C=O) groups is 1. The lowest BCUT2D eigenvalue weighted by Gasteiger charge is -2.06. The third kappa shape index (κ3) is 3.19. The van der Waals surface area contributed by atoms with Crippen LogP contribution in [0.15, 0.2) is 34.3 Å². The van der Waals surface area contributed by atoms with Gasteiger partial charge in [-0.05, 0) is 24.6 Å². The molecule has 7 heteroatoms. The fraction of sp³-hybridized carbons (Fsp3) is 0.167. The largest absolute Gasteiger partial charge is 0.478 e. The lowest BCUT2D eigenvalue weighted by Crippen LogP contribution is -2.18. The summed E-state index contributed by atoms with van der Waals surface area (Å²) in [5, 5.41) is 9.38. The highest BCUT2D eigenvalue weighted by Crippen LogP contribution is 2.24. The van der Waals surface area contributed by atoms with Gasteiger partial charge >= 0.3 is 11.7 Å². The predicted molar refractivity (Wildman–Crippen MR) is 70.4 cm³/mol. The third-order valence-corrected chi connectivity index (χ3v) is 3.47. The summed E-state index contributed by atoms with van der Waals surface area (Å²) in [6.07, 6.45) is 3.31. The van der Waals surface area contributed by atoms with Crippen LogP contribution in [0.4, 0.5) is 0 Å².